The molecule has 88 valence electrons. The fourth-order valence-electron chi connectivity index (χ4n) is 1.18. The maximum absolute atomic E-state index is 11.4. The van der Waals surface area contributed by atoms with Gasteiger partial charge in [-0.2, -0.15) is 0 Å². The van der Waals surface area contributed by atoms with E-state index in [2.05, 4.69) is 10.3 Å². The number of amides is 1. The van der Waals surface area contributed by atoms with Crippen molar-refractivity contribution < 1.29 is 9.53 Å². The number of carbonyl (C=O) groups is 1. The van der Waals surface area contributed by atoms with Gasteiger partial charge in [0, 0.05) is 25.5 Å². The first-order valence-corrected chi connectivity index (χ1v) is 5.07. The third-order valence-electron chi connectivity index (χ3n) is 2.12. The van der Waals surface area contributed by atoms with Crippen LogP contribution in [0.15, 0.2) is 18.3 Å². The summed E-state index contributed by atoms with van der Waals surface area (Å²) >= 11 is 0. The Morgan fingerprint density at radius 3 is 2.94 bits per heavy atom. The summed E-state index contributed by atoms with van der Waals surface area (Å²) in [5, 5.41) is 2.72. The molecule has 1 atom stereocenters. The number of hydrogen-bond acceptors (Lipinski definition) is 4. The number of pyridine rings is 1. The highest BCUT2D eigenvalue weighted by Crippen LogP contribution is 1.98. The minimum Gasteiger partial charge on any atom is -0.383 e. The average molecular weight is 223 g/mol. The normalized spacial score (nSPS) is 12.2. The van der Waals surface area contributed by atoms with Crippen molar-refractivity contribution in [1.29, 1.82) is 0 Å². The number of aromatic nitrogens is 1. The van der Waals surface area contributed by atoms with Crippen LogP contribution in [0.3, 0.4) is 0 Å². The fraction of sp³-hybridized carbons (Fsp3) is 0.455. The largest absolute Gasteiger partial charge is 0.383 e. The van der Waals surface area contributed by atoms with E-state index in [1.807, 2.05) is 19.1 Å². The molecule has 0 fully saturated rings. The Labute approximate surface area is 95.0 Å². The number of methoxy groups -OCH3 is 1. The van der Waals surface area contributed by atoms with Crippen molar-refractivity contribution in [3.8, 4) is 0 Å². The van der Waals surface area contributed by atoms with Crippen LogP contribution in [0, 0.1) is 6.92 Å². The number of hydrogen-bond donors (Lipinski definition) is 2. The summed E-state index contributed by atoms with van der Waals surface area (Å²) < 4.78 is 4.79. The highest BCUT2D eigenvalue weighted by Gasteiger charge is 2.11. The minimum absolute atomic E-state index is 0.220. The molecule has 3 N–H and O–H groups in total. The molecule has 1 aromatic rings. The smallest absolute Gasteiger partial charge is 0.239 e. The van der Waals surface area contributed by atoms with Gasteiger partial charge in [-0.3, -0.25) is 9.78 Å². The van der Waals surface area contributed by atoms with Crippen LogP contribution in [-0.4, -0.2) is 30.6 Å². The van der Waals surface area contributed by atoms with Crippen molar-refractivity contribution in [2.45, 2.75) is 19.5 Å². The van der Waals surface area contributed by atoms with Crippen molar-refractivity contribution in [3.63, 3.8) is 0 Å². The lowest BCUT2D eigenvalue weighted by Gasteiger charge is -2.10. The molecule has 0 aliphatic rings. The van der Waals surface area contributed by atoms with Crippen LogP contribution >= 0.6 is 0 Å². The van der Waals surface area contributed by atoms with E-state index in [-0.39, 0.29) is 12.5 Å². The summed E-state index contributed by atoms with van der Waals surface area (Å²) in [6.07, 6.45) is 1.73. The molecule has 16 heavy (non-hydrogen) atoms. The first-order valence-electron chi connectivity index (χ1n) is 5.07. The van der Waals surface area contributed by atoms with Gasteiger partial charge in [-0.1, -0.05) is 6.07 Å². The third-order valence-corrected chi connectivity index (χ3v) is 2.12. The molecule has 0 radical (unpaired) electrons. The molecule has 0 bridgehead atoms. The lowest BCUT2D eigenvalue weighted by Crippen LogP contribution is -2.43. The van der Waals surface area contributed by atoms with Crippen LogP contribution in [0.5, 0.6) is 0 Å². The molecule has 1 rings (SSSR count). The van der Waals surface area contributed by atoms with Crippen LogP contribution < -0.4 is 11.1 Å². The van der Waals surface area contributed by atoms with Gasteiger partial charge in [-0.25, -0.2) is 0 Å². The summed E-state index contributed by atoms with van der Waals surface area (Å²) in [4.78, 5) is 15.6. The zero-order valence-corrected chi connectivity index (χ0v) is 9.56. The summed E-state index contributed by atoms with van der Waals surface area (Å²) in [5.74, 6) is -0.220. The molecule has 0 aliphatic heterocycles. The maximum Gasteiger partial charge on any atom is 0.239 e. The minimum atomic E-state index is -0.622. The number of carbonyl (C=O) groups excluding carboxylic acids is 1. The molecule has 1 unspecified atom stereocenters. The van der Waals surface area contributed by atoms with E-state index in [0.717, 1.165) is 11.3 Å². The Balaban J connectivity index is 2.39. The summed E-state index contributed by atoms with van der Waals surface area (Å²) in [5.41, 5.74) is 7.46. The zero-order valence-electron chi connectivity index (χ0n) is 9.56. The molecule has 5 heteroatoms. The second-order valence-corrected chi connectivity index (χ2v) is 3.59. The quantitative estimate of drug-likeness (QED) is 0.735. The van der Waals surface area contributed by atoms with Crippen molar-refractivity contribution in [2.24, 2.45) is 5.73 Å². The van der Waals surface area contributed by atoms with Gasteiger partial charge in [-0.05, 0) is 18.6 Å². The number of nitrogens with zero attached hydrogens (tertiary/aromatic N) is 1. The zero-order chi connectivity index (χ0) is 12.0. The molecule has 1 heterocycles. The molecule has 0 spiro atoms. The van der Waals surface area contributed by atoms with Gasteiger partial charge >= 0.3 is 0 Å². The number of nitrogens with two attached hydrogens (primary N) is 1. The van der Waals surface area contributed by atoms with Crippen molar-refractivity contribution in [3.05, 3.63) is 29.6 Å². The third kappa shape index (κ3) is 3.96. The van der Waals surface area contributed by atoms with E-state index in [1.165, 1.54) is 7.11 Å². The van der Waals surface area contributed by atoms with Gasteiger partial charge in [-0.15, -0.1) is 0 Å². The van der Waals surface area contributed by atoms with Crippen molar-refractivity contribution in [1.82, 2.24) is 10.3 Å². The Bertz CT molecular complexity index is 338. The SMILES string of the molecule is COCC(N)C(=O)NCc1ccc(C)nc1. The molecule has 0 aliphatic carbocycles. The van der Waals surface area contributed by atoms with Gasteiger partial charge in [0.1, 0.15) is 6.04 Å². The van der Waals surface area contributed by atoms with E-state index < -0.39 is 6.04 Å². The molecule has 1 aromatic heterocycles. The Morgan fingerprint density at radius 2 is 2.38 bits per heavy atom. The van der Waals surface area contributed by atoms with E-state index in [1.54, 1.807) is 6.20 Å². The van der Waals surface area contributed by atoms with Gasteiger partial charge in [0.15, 0.2) is 0 Å². The van der Waals surface area contributed by atoms with E-state index in [0.29, 0.717) is 6.54 Å². The standard InChI is InChI=1S/C11H17N3O2/c1-8-3-4-9(5-13-8)6-14-11(15)10(12)7-16-2/h3-5,10H,6-7,12H2,1-2H3,(H,14,15). The second-order valence-electron chi connectivity index (χ2n) is 3.59. The molecule has 1 amide bonds. The Kier molecular flexibility index (Phi) is 4.88. The fourth-order valence-corrected chi connectivity index (χ4v) is 1.18. The van der Waals surface area contributed by atoms with Crippen LogP contribution in [0.1, 0.15) is 11.3 Å². The van der Waals surface area contributed by atoms with Crippen molar-refractivity contribution in [2.75, 3.05) is 13.7 Å². The number of rotatable bonds is 5. The van der Waals surface area contributed by atoms with E-state index in [4.69, 9.17) is 10.5 Å². The first-order chi connectivity index (χ1) is 7.63. The Hall–Kier alpha value is -1.46. The lowest BCUT2D eigenvalue weighted by atomic mass is 10.2. The van der Waals surface area contributed by atoms with Crippen LogP contribution in [-0.2, 0) is 16.1 Å². The molecule has 0 saturated carbocycles. The highest BCUT2D eigenvalue weighted by molar-refractivity contribution is 5.81. The van der Waals surface area contributed by atoms with Gasteiger partial charge in [0.2, 0.25) is 5.91 Å². The van der Waals surface area contributed by atoms with E-state index in [9.17, 15) is 4.79 Å². The first kappa shape index (κ1) is 12.6. The van der Waals surface area contributed by atoms with Crippen molar-refractivity contribution >= 4 is 5.91 Å². The monoisotopic (exact) mass is 223 g/mol. The highest BCUT2D eigenvalue weighted by atomic mass is 16.5. The van der Waals surface area contributed by atoms with Gasteiger partial charge in [0.05, 0.1) is 6.61 Å². The lowest BCUT2D eigenvalue weighted by molar-refractivity contribution is -0.123. The molecule has 0 aromatic carbocycles. The summed E-state index contributed by atoms with van der Waals surface area (Å²) in [7, 11) is 1.51. The van der Waals surface area contributed by atoms with Gasteiger partial charge in [0.25, 0.3) is 0 Å². The maximum atomic E-state index is 11.4. The predicted molar refractivity (Wildman–Crippen MR) is 60.7 cm³/mol. The summed E-state index contributed by atoms with van der Waals surface area (Å²) in [6.45, 7) is 2.57. The number of nitrogens with one attached hydrogen (secondary N) is 1. The molecular weight excluding hydrogens is 206 g/mol. The topological polar surface area (TPSA) is 77.2 Å². The van der Waals surface area contributed by atoms with Crippen LogP contribution in [0.25, 0.3) is 0 Å². The molecular formula is C11H17N3O2. The number of ether oxygens (including phenoxy) is 1. The molecule has 5 nitrogen and oxygen atoms in total. The number of aryl methyl sites for hydroxylation is 1. The van der Waals surface area contributed by atoms with Crippen LogP contribution in [0.4, 0.5) is 0 Å². The van der Waals surface area contributed by atoms with E-state index >= 15 is 0 Å². The second kappa shape index (κ2) is 6.19. The predicted octanol–water partition coefficient (Wildman–Crippen LogP) is -0.0201. The molecule has 0 saturated heterocycles. The Morgan fingerprint density at radius 1 is 1.62 bits per heavy atom. The van der Waals surface area contributed by atoms with Crippen LogP contribution in [0.2, 0.25) is 0 Å². The average Bonchev–Trinajstić information content (AvgIpc) is 2.28. The summed E-state index contributed by atoms with van der Waals surface area (Å²) in [6, 6.07) is 3.20. The van der Waals surface area contributed by atoms with Gasteiger partial charge < -0.3 is 15.8 Å².